The summed E-state index contributed by atoms with van der Waals surface area (Å²) in [5.74, 6) is -0.595. The number of nitrogens with two attached hydrogens (primary N) is 1. The molecule has 0 aliphatic carbocycles. The summed E-state index contributed by atoms with van der Waals surface area (Å²) in [6.45, 7) is 1.08. The molecule has 0 saturated carbocycles. The van der Waals surface area contributed by atoms with Crippen molar-refractivity contribution >= 4 is 34.0 Å². The lowest BCUT2D eigenvalue weighted by molar-refractivity contribution is 0.0741. The Balaban J connectivity index is 0.00000261. The van der Waals surface area contributed by atoms with Gasteiger partial charge in [0.25, 0.3) is 15.9 Å². The van der Waals surface area contributed by atoms with Gasteiger partial charge in [0, 0.05) is 30.4 Å². The lowest BCUT2D eigenvalue weighted by Gasteiger charge is -2.23. The first-order chi connectivity index (χ1) is 12.4. The molecule has 1 amide bonds. The Morgan fingerprint density at radius 2 is 1.78 bits per heavy atom. The molecule has 6 nitrogen and oxygen atoms in total. The van der Waals surface area contributed by atoms with Gasteiger partial charge in [0.15, 0.2) is 0 Å². The first kappa shape index (κ1) is 21.1. The predicted molar refractivity (Wildman–Crippen MR) is 104 cm³/mol. The molecule has 146 valence electrons. The molecule has 1 atom stereocenters. The van der Waals surface area contributed by atoms with Gasteiger partial charge in [0.05, 0.1) is 4.90 Å². The maximum absolute atomic E-state index is 12.9. The van der Waals surface area contributed by atoms with Gasteiger partial charge in [-0.15, -0.1) is 12.4 Å². The van der Waals surface area contributed by atoms with Gasteiger partial charge < -0.3 is 10.6 Å². The van der Waals surface area contributed by atoms with Crippen LogP contribution in [0.3, 0.4) is 0 Å². The fourth-order valence-electron chi connectivity index (χ4n) is 3.02. The molecule has 0 spiro atoms. The van der Waals surface area contributed by atoms with Crippen molar-refractivity contribution in [1.29, 1.82) is 0 Å². The molecule has 1 heterocycles. The van der Waals surface area contributed by atoms with Crippen molar-refractivity contribution in [3.63, 3.8) is 0 Å². The third-order valence-electron chi connectivity index (χ3n) is 4.42. The second-order valence-electron chi connectivity index (χ2n) is 6.17. The van der Waals surface area contributed by atoms with Crippen LogP contribution < -0.4 is 10.5 Å². The van der Waals surface area contributed by atoms with Crippen molar-refractivity contribution in [1.82, 2.24) is 4.90 Å². The summed E-state index contributed by atoms with van der Waals surface area (Å²) < 4.78 is 40.1. The zero-order valence-corrected chi connectivity index (χ0v) is 16.1. The molecule has 27 heavy (non-hydrogen) atoms. The third kappa shape index (κ3) is 4.77. The van der Waals surface area contributed by atoms with Crippen LogP contribution in [0.25, 0.3) is 0 Å². The van der Waals surface area contributed by atoms with Gasteiger partial charge in [-0.05, 0) is 61.4 Å². The predicted octanol–water partition coefficient (Wildman–Crippen LogP) is 2.61. The van der Waals surface area contributed by atoms with Crippen molar-refractivity contribution in [2.45, 2.75) is 23.8 Å². The van der Waals surface area contributed by atoms with Crippen LogP contribution in [0.2, 0.25) is 0 Å². The van der Waals surface area contributed by atoms with Gasteiger partial charge >= 0.3 is 0 Å². The summed E-state index contributed by atoms with van der Waals surface area (Å²) in [5.41, 5.74) is 6.38. The number of nitrogens with one attached hydrogen (secondary N) is 1. The van der Waals surface area contributed by atoms with Gasteiger partial charge in [0.1, 0.15) is 5.82 Å². The Hall–Kier alpha value is -2.16. The molecule has 3 N–H and O–H groups in total. The summed E-state index contributed by atoms with van der Waals surface area (Å²) in [6.07, 6.45) is 1.80. The highest BCUT2D eigenvalue weighted by molar-refractivity contribution is 7.92. The van der Waals surface area contributed by atoms with Crippen molar-refractivity contribution in [3.8, 4) is 0 Å². The minimum absolute atomic E-state index is 0. The van der Waals surface area contributed by atoms with Crippen molar-refractivity contribution in [3.05, 3.63) is 59.9 Å². The molecule has 1 aliphatic heterocycles. The Morgan fingerprint density at radius 1 is 1.15 bits per heavy atom. The fourth-order valence-corrected chi connectivity index (χ4v) is 4.08. The number of likely N-dealkylation sites (tertiary alicyclic amines) is 1. The van der Waals surface area contributed by atoms with Gasteiger partial charge in [-0.1, -0.05) is 0 Å². The average molecular weight is 414 g/mol. The van der Waals surface area contributed by atoms with E-state index in [1.807, 2.05) is 0 Å². The molecule has 0 aromatic heterocycles. The first-order valence-corrected chi connectivity index (χ1v) is 9.78. The van der Waals surface area contributed by atoms with Crippen LogP contribution in [0.4, 0.5) is 10.1 Å². The van der Waals surface area contributed by atoms with Gasteiger partial charge in [-0.2, -0.15) is 0 Å². The molecule has 0 bridgehead atoms. The van der Waals surface area contributed by atoms with E-state index < -0.39 is 15.8 Å². The standard InChI is InChI=1S/C18H20FN3O3S.ClH/c19-14-5-7-15(8-6-14)21-26(24,25)17-9-3-13(4-10-17)18(23)22-11-1-2-16(22)12-20;/h3-10,16,21H,1-2,11-12,20H2;1H. The van der Waals surface area contributed by atoms with Gasteiger partial charge in [-0.25, -0.2) is 12.8 Å². The third-order valence-corrected chi connectivity index (χ3v) is 5.82. The van der Waals surface area contributed by atoms with E-state index in [0.717, 1.165) is 12.8 Å². The Morgan fingerprint density at radius 3 is 2.37 bits per heavy atom. The number of nitrogens with zero attached hydrogens (tertiary/aromatic N) is 1. The number of amides is 1. The SMILES string of the molecule is Cl.NCC1CCCN1C(=O)c1ccc(S(=O)(=O)Nc2ccc(F)cc2)cc1. The molecule has 9 heteroatoms. The molecule has 1 saturated heterocycles. The van der Waals surface area contributed by atoms with E-state index >= 15 is 0 Å². The molecule has 3 rings (SSSR count). The highest BCUT2D eigenvalue weighted by Gasteiger charge is 2.28. The topological polar surface area (TPSA) is 92.5 Å². The number of hydrogen-bond acceptors (Lipinski definition) is 4. The summed E-state index contributed by atoms with van der Waals surface area (Å²) >= 11 is 0. The molecule has 0 radical (unpaired) electrons. The minimum atomic E-state index is -3.82. The second kappa shape index (κ2) is 8.69. The Bertz CT molecular complexity index is 889. The second-order valence-corrected chi connectivity index (χ2v) is 7.85. The van der Waals surface area contributed by atoms with E-state index in [2.05, 4.69) is 4.72 Å². The lowest BCUT2D eigenvalue weighted by Crippen LogP contribution is -2.39. The van der Waals surface area contributed by atoms with Crippen LogP contribution in [-0.4, -0.2) is 38.4 Å². The number of anilines is 1. The Labute approximate surface area is 164 Å². The summed E-state index contributed by atoms with van der Waals surface area (Å²) in [7, 11) is -3.82. The van der Waals surface area contributed by atoms with Crippen LogP contribution in [0.1, 0.15) is 23.2 Å². The summed E-state index contributed by atoms with van der Waals surface area (Å²) in [5, 5.41) is 0. The van der Waals surface area contributed by atoms with E-state index in [4.69, 9.17) is 5.73 Å². The quantitative estimate of drug-likeness (QED) is 0.788. The van der Waals surface area contributed by atoms with E-state index in [0.29, 0.717) is 18.7 Å². The number of carbonyl (C=O) groups excluding carboxylic acids is 1. The van der Waals surface area contributed by atoms with E-state index in [1.165, 1.54) is 48.5 Å². The van der Waals surface area contributed by atoms with Crippen LogP contribution in [-0.2, 0) is 10.0 Å². The largest absolute Gasteiger partial charge is 0.334 e. The number of hydrogen-bond donors (Lipinski definition) is 2. The highest BCUT2D eigenvalue weighted by Crippen LogP contribution is 2.21. The monoisotopic (exact) mass is 413 g/mol. The molecule has 2 aromatic rings. The van der Waals surface area contributed by atoms with E-state index in [9.17, 15) is 17.6 Å². The summed E-state index contributed by atoms with van der Waals surface area (Å²) in [4.78, 5) is 14.3. The van der Waals surface area contributed by atoms with Crippen molar-refractivity contribution < 1.29 is 17.6 Å². The smallest absolute Gasteiger partial charge is 0.261 e. The van der Waals surface area contributed by atoms with Crippen LogP contribution in [0, 0.1) is 5.82 Å². The van der Waals surface area contributed by atoms with E-state index in [1.54, 1.807) is 4.90 Å². The van der Waals surface area contributed by atoms with E-state index in [-0.39, 0.29) is 34.9 Å². The highest BCUT2D eigenvalue weighted by atomic mass is 35.5. The summed E-state index contributed by atoms with van der Waals surface area (Å²) in [6, 6.07) is 10.8. The number of halogens is 2. The fraction of sp³-hybridized carbons (Fsp3) is 0.278. The number of rotatable bonds is 5. The van der Waals surface area contributed by atoms with Crippen LogP contribution >= 0.6 is 12.4 Å². The number of carbonyl (C=O) groups is 1. The Kier molecular flexibility index (Phi) is 6.80. The number of benzene rings is 2. The molecular weight excluding hydrogens is 393 g/mol. The molecule has 1 fully saturated rings. The maximum atomic E-state index is 12.9. The van der Waals surface area contributed by atoms with Crippen molar-refractivity contribution in [2.24, 2.45) is 5.73 Å². The minimum Gasteiger partial charge on any atom is -0.334 e. The van der Waals surface area contributed by atoms with Crippen LogP contribution in [0.15, 0.2) is 53.4 Å². The molecule has 2 aromatic carbocycles. The first-order valence-electron chi connectivity index (χ1n) is 8.30. The molecular formula is C18H21ClFN3O3S. The van der Waals surface area contributed by atoms with Crippen molar-refractivity contribution in [2.75, 3.05) is 17.8 Å². The van der Waals surface area contributed by atoms with Gasteiger partial charge in [-0.3, -0.25) is 9.52 Å². The normalized spacial score (nSPS) is 16.7. The van der Waals surface area contributed by atoms with Gasteiger partial charge in [0.2, 0.25) is 0 Å². The molecule has 1 aliphatic rings. The van der Waals surface area contributed by atoms with Crippen LogP contribution in [0.5, 0.6) is 0 Å². The average Bonchev–Trinajstić information content (AvgIpc) is 3.12. The maximum Gasteiger partial charge on any atom is 0.261 e. The number of sulfonamides is 1. The molecule has 1 unspecified atom stereocenters. The zero-order valence-electron chi connectivity index (χ0n) is 14.5. The lowest BCUT2D eigenvalue weighted by atomic mass is 10.1. The zero-order chi connectivity index (χ0) is 18.7.